The van der Waals surface area contributed by atoms with Crippen molar-refractivity contribution in [2.45, 2.75) is 31.8 Å². The number of hydrogen-bond donors (Lipinski definition) is 1. The molecule has 4 heteroatoms. The lowest BCUT2D eigenvalue weighted by molar-refractivity contribution is -0.143. The second kappa shape index (κ2) is 6.41. The van der Waals surface area contributed by atoms with Gasteiger partial charge in [-0.05, 0) is 23.6 Å². The summed E-state index contributed by atoms with van der Waals surface area (Å²) in [5.41, 5.74) is 2.47. The number of para-hydroxylation sites is 1. The molecule has 116 valence electrons. The molecule has 1 aliphatic heterocycles. The monoisotopic (exact) mass is 317 g/mol. The van der Waals surface area contributed by atoms with Gasteiger partial charge in [0.2, 0.25) is 0 Å². The number of carboxylic acids is 1. The van der Waals surface area contributed by atoms with Crippen LogP contribution in [0.25, 0.3) is 0 Å². The maximum Gasteiger partial charge on any atom is 0.329 e. The third kappa shape index (κ3) is 2.57. The van der Waals surface area contributed by atoms with E-state index in [1.807, 2.05) is 61.5 Å². The van der Waals surface area contributed by atoms with Crippen LogP contribution >= 0.6 is 12.4 Å². The first-order valence-corrected chi connectivity index (χ1v) is 7.30. The molecule has 0 saturated carbocycles. The zero-order chi connectivity index (χ0) is 14.9. The van der Waals surface area contributed by atoms with Crippen LogP contribution in [0.2, 0.25) is 0 Å². The molecular weight excluding hydrogens is 298 g/mol. The Balaban J connectivity index is 0.00000176. The average Bonchev–Trinajstić information content (AvgIpc) is 2.84. The molecular formula is C18H20ClNO2. The standard InChI is InChI=1S/C18H19NO2.ClH/c1-2-18(17(20)21)12-15-10-6-7-11-16(15)19(18)13-14-8-4-3-5-9-14;/h3-11H,2,12-13H2,1H3,(H,20,21);1H. The summed E-state index contributed by atoms with van der Waals surface area (Å²) in [6.07, 6.45) is 1.16. The molecule has 0 saturated heterocycles. The lowest BCUT2D eigenvalue weighted by Crippen LogP contribution is -2.52. The highest BCUT2D eigenvalue weighted by atomic mass is 35.5. The van der Waals surface area contributed by atoms with Crippen LogP contribution in [-0.2, 0) is 17.8 Å². The zero-order valence-electron chi connectivity index (χ0n) is 12.5. The molecule has 0 spiro atoms. The fourth-order valence-electron chi connectivity index (χ4n) is 3.23. The molecule has 2 aromatic carbocycles. The summed E-state index contributed by atoms with van der Waals surface area (Å²) in [5.74, 6) is -0.739. The number of aliphatic carboxylic acids is 1. The van der Waals surface area contributed by atoms with E-state index < -0.39 is 11.5 Å². The van der Waals surface area contributed by atoms with Crippen molar-refractivity contribution >= 4 is 24.1 Å². The Hall–Kier alpha value is -2.00. The van der Waals surface area contributed by atoms with Gasteiger partial charge in [0.1, 0.15) is 5.54 Å². The van der Waals surface area contributed by atoms with Crippen LogP contribution in [0.1, 0.15) is 24.5 Å². The number of carbonyl (C=O) groups is 1. The van der Waals surface area contributed by atoms with Crippen LogP contribution in [0, 0.1) is 0 Å². The van der Waals surface area contributed by atoms with Crippen LogP contribution in [0.3, 0.4) is 0 Å². The Bertz CT molecular complexity index is 659. The molecule has 0 amide bonds. The number of carboxylic acid groups (broad SMARTS) is 1. The topological polar surface area (TPSA) is 40.5 Å². The summed E-state index contributed by atoms with van der Waals surface area (Å²) >= 11 is 0. The van der Waals surface area contributed by atoms with Crippen molar-refractivity contribution < 1.29 is 9.90 Å². The van der Waals surface area contributed by atoms with Crippen molar-refractivity contribution in [2.75, 3.05) is 4.90 Å². The fraction of sp³-hybridized carbons (Fsp3) is 0.278. The maximum absolute atomic E-state index is 12.0. The van der Waals surface area contributed by atoms with Crippen molar-refractivity contribution in [1.29, 1.82) is 0 Å². The highest BCUT2D eigenvalue weighted by Crippen LogP contribution is 2.41. The lowest BCUT2D eigenvalue weighted by atomic mass is 9.91. The molecule has 0 fully saturated rings. The van der Waals surface area contributed by atoms with Gasteiger partial charge in [-0.1, -0.05) is 55.5 Å². The predicted octanol–water partition coefficient (Wildman–Crippen LogP) is 3.90. The maximum atomic E-state index is 12.0. The molecule has 0 aliphatic carbocycles. The van der Waals surface area contributed by atoms with Gasteiger partial charge in [0, 0.05) is 18.7 Å². The first kappa shape index (κ1) is 16.4. The van der Waals surface area contributed by atoms with Gasteiger partial charge in [-0.15, -0.1) is 12.4 Å². The van der Waals surface area contributed by atoms with Gasteiger partial charge < -0.3 is 10.0 Å². The Morgan fingerprint density at radius 3 is 2.41 bits per heavy atom. The lowest BCUT2D eigenvalue weighted by Gasteiger charge is -2.36. The second-order valence-corrected chi connectivity index (χ2v) is 5.57. The third-order valence-electron chi connectivity index (χ3n) is 4.45. The van der Waals surface area contributed by atoms with E-state index in [1.54, 1.807) is 0 Å². The Morgan fingerprint density at radius 1 is 1.14 bits per heavy atom. The molecule has 0 aromatic heterocycles. The average molecular weight is 318 g/mol. The smallest absolute Gasteiger partial charge is 0.329 e. The van der Waals surface area contributed by atoms with Crippen molar-refractivity contribution in [3.63, 3.8) is 0 Å². The van der Waals surface area contributed by atoms with Gasteiger partial charge in [-0.25, -0.2) is 4.79 Å². The molecule has 3 rings (SSSR count). The zero-order valence-corrected chi connectivity index (χ0v) is 13.3. The van der Waals surface area contributed by atoms with E-state index in [0.717, 1.165) is 16.8 Å². The Labute approximate surface area is 137 Å². The highest BCUT2D eigenvalue weighted by Gasteiger charge is 2.48. The number of hydrogen-bond acceptors (Lipinski definition) is 2. The molecule has 3 nitrogen and oxygen atoms in total. The number of benzene rings is 2. The summed E-state index contributed by atoms with van der Waals surface area (Å²) in [6.45, 7) is 2.58. The van der Waals surface area contributed by atoms with Gasteiger partial charge in [0.25, 0.3) is 0 Å². The molecule has 0 bridgehead atoms. The third-order valence-corrected chi connectivity index (χ3v) is 4.45. The minimum absolute atomic E-state index is 0. The Kier molecular flexibility index (Phi) is 4.77. The van der Waals surface area contributed by atoms with Crippen LogP contribution in [0.4, 0.5) is 5.69 Å². The van der Waals surface area contributed by atoms with Gasteiger partial charge in [-0.2, -0.15) is 0 Å². The number of fused-ring (bicyclic) bond motifs is 1. The molecule has 2 aromatic rings. The number of halogens is 1. The van der Waals surface area contributed by atoms with Gasteiger partial charge >= 0.3 is 5.97 Å². The van der Waals surface area contributed by atoms with Crippen LogP contribution in [-0.4, -0.2) is 16.6 Å². The van der Waals surface area contributed by atoms with Gasteiger partial charge in [0.05, 0.1) is 0 Å². The number of nitrogens with zero attached hydrogens (tertiary/aromatic N) is 1. The van der Waals surface area contributed by atoms with E-state index in [2.05, 4.69) is 4.90 Å². The molecule has 1 N–H and O–H groups in total. The van der Waals surface area contributed by atoms with E-state index in [9.17, 15) is 9.90 Å². The van der Waals surface area contributed by atoms with Crippen LogP contribution < -0.4 is 4.90 Å². The largest absolute Gasteiger partial charge is 0.479 e. The first-order valence-electron chi connectivity index (χ1n) is 7.30. The molecule has 22 heavy (non-hydrogen) atoms. The van der Waals surface area contributed by atoms with Gasteiger partial charge in [-0.3, -0.25) is 0 Å². The molecule has 0 radical (unpaired) electrons. The van der Waals surface area contributed by atoms with Crippen molar-refractivity contribution in [2.24, 2.45) is 0 Å². The fourth-order valence-corrected chi connectivity index (χ4v) is 3.23. The van der Waals surface area contributed by atoms with E-state index in [4.69, 9.17) is 0 Å². The molecule has 1 atom stereocenters. The molecule has 1 unspecified atom stereocenters. The van der Waals surface area contributed by atoms with Gasteiger partial charge in [0.15, 0.2) is 0 Å². The summed E-state index contributed by atoms with van der Waals surface area (Å²) in [4.78, 5) is 14.0. The van der Waals surface area contributed by atoms with E-state index >= 15 is 0 Å². The number of anilines is 1. The van der Waals surface area contributed by atoms with Crippen LogP contribution in [0.5, 0.6) is 0 Å². The first-order chi connectivity index (χ1) is 10.2. The summed E-state index contributed by atoms with van der Waals surface area (Å²) in [7, 11) is 0. The quantitative estimate of drug-likeness (QED) is 0.929. The second-order valence-electron chi connectivity index (χ2n) is 5.57. The highest BCUT2D eigenvalue weighted by molar-refractivity contribution is 5.87. The van der Waals surface area contributed by atoms with E-state index in [1.165, 1.54) is 0 Å². The Morgan fingerprint density at radius 2 is 1.77 bits per heavy atom. The van der Waals surface area contributed by atoms with Crippen molar-refractivity contribution in [1.82, 2.24) is 0 Å². The van der Waals surface area contributed by atoms with Crippen molar-refractivity contribution in [3.8, 4) is 0 Å². The van der Waals surface area contributed by atoms with Crippen LogP contribution in [0.15, 0.2) is 54.6 Å². The number of rotatable bonds is 4. The summed E-state index contributed by atoms with van der Waals surface area (Å²) < 4.78 is 0. The van der Waals surface area contributed by atoms with E-state index in [0.29, 0.717) is 19.4 Å². The SMILES string of the molecule is CCC1(C(=O)O)Cc2ccccc2N1Cc1ccccc1.Cl. The molecule has 1 aliphatic rings. The normalized spacial score (nSPS) is 19.4. The summed E-state index contributed by atoms with van der Waals surface area (Å²) in [6, 6.07) is 18.1. The minimum Gasteiger partial charge on any atom is -0.479 e. The minimum atomic E-state index is -0.834. The molecule has 1 heterocycles. The predicted molar refractivity (Wildman–Crippen MR) is 90.7 cm³/mol. The van der Waals surface area contributed by atoms with E-state index in [-0.39, 0.29) is 12.4 Å². The summed E-state index contributed by atoms with van der Waals surface area (Å²) in [5, 5.41) is 9.84. The van der Waals surface area contributed by atoms with Crippen molar-refractivity contribution in [3.05, 3.63) is 65.7 Å².